The largest absolute Gasteiger partial charge is 0.445 e. The minimum Gasteiger partial charge on any atom is -0.445 e. The van der Waals surface area contributed by atoms with E-state index < -0.39 is 12.0 Å². The molecule has 35 heavy (non-hydrogen) atoms. The SMILES string of the molecule is O=C(/C=C/c1cnc2c(c1)C1(CCN(C(=O)CO)CC1)C(=O)N2)N1CCC(=Cc2ncco2)CC1. The van der Waals surface area contributed by atoms with Gasteiger partial charge in [0.15, 0.2) is 0 Å². The highest BCUT2D eigenvalue weighted by Gasteiger charge is 2.49. The first-order valence-corrected chi connectivity index (χ1v) is 11.7. The Bertz CT molecular complexity index is 1180. The van der Waals surface area contributed by atoms with Crippen LogP contribution >= 0.6 is 0 Å². The molecule has 2 fully saturated rings. The zero-order valence-corrected chi connectivity index (χ0v) is 19.3. The third-order valence-electron chi connectivity index (χ3n) is 7.11. The lowest BCUT2D eigenvalue weighted by Crippen LogP contribution is -2.49. The molecule has 5 rings (SSSR count). The van der Waals surface area contributed by atoms with Crippen LogP contribution in [0.5, 0.6) is 0 Å². The number of anilines is 1. The molecule has 0 unspecified atom stereocenters. The number of piperidine rings is 2. The molecule has 3 aliphatic rings. The van der Waals surface area contributed by atoms with E-state index in [1.54, 1.807) is 35.7 Å². The fourth-order valence-electron chi connectivity index (χ4n) is 5.03. The van der Waals surface area contributed by atoms with E-state index in [9.17, 15) is 14.4 Å². The quantitative estimate of drug-likeness (QED) is 0.640. The molecule has 2 N–H and O–H groups in total. The lowest BCUT2D eigenvalue weighted by Gasteiger charge is -2.37. The van der Waals surface area contributed by atoms with Gasteiger partial charge in [-0.15, -0.1) is 0 Å². The number of fused-ring (bicyclic) bond motifs is 2. The first-order valence-electron chi connectivity index (χ1n) is 11.7. The summed E-state index contributed by atoms with van der Waals surface area (Å²) in [4.78, 5) is 49.4. The second-order valence-corrected chi connectivity index (χ2v) is 9.07. The molecule has 10 heteroatoms. The van der Waals surface area contributed by atoms with Crippen molar-refractivity contribution < 1.29 is 23.9 Å². The van der Waals surface area contributed by atoms with E-state index in [1.165, 1.54) is 5.57 Å². The molecule has 1 spiro atoms. The van der Waals surface area contributed by atoms with Gasteiger partial charge in [-0.05, 0) is 49.5 Å². The Hall–Kier alpha value is -3.79. The molecule has 3 aliphatic heterocycles. The van der Waals surface area contributed by atoms with Gasteiger partial charge in [0.25, 0.3) is 0 Å². The minimum atomic E-state index is -0.749. The third-order valence-corrected chi connectivity index (χ3v) is 7.11. The fraction of sp³-hybridized carbons (Fsp3) is 0.400. The number of hydrogen-bond donors (Lipinski definition) is 2. The van der Waals surface area contributed by atoms with Crippen LogP contribution in [0.1, 0.15) is 42.7 Å². The normalized spacial score (nSPS) is 19.2. The minimum absolute atomic E-state index is 0.0691. The maximum Gasteiger partial charge on any atom is 0.248 e. The number of hydrogen-bond acceptors (Lipinski definition) is 7. The Kier molecular flexibility index (Phi) is 6.21. The Morgan fingerprint density at radius 2 is 1.91 bits per heavy atom. The van der Waals surface area contributed by atoms with Crippen LogP contribution in [0.15, 0.2) is 40.8 Å². The number of oxazole rings is 1. The smallest absolute Gasteiger partial charge is 0.248 e. The van der Waals surface area contributed by atoms with Crippen molar-refractivity contribution in [1.82, 2.24) is 19.8 Å². The van der Waals surface area contributed by atoms with Crippen LogP contribution in [0.4, 0.5) is 5.82 Å². The van der Waals surface area contributed by atoms with Crippen LogP contribution in [0, 0.1) is 0 Å². The predicted octanol–water partition coefficient (Wildman–Crippen LogP) is 1.59. The molecule has 3 amide bonds. The molecule has 0 aromatic carbocycles. The summed E-state index contributed by atoms with van der Waals surface area (Å²) in [5.74, 6) is 0.599. The third kappa shape index (κ3) is 4.49. The van der Waals surface area contributed by atoms with E-state index in [0.717, 1.165) is 24.0 Å². The Morgan fingerprint density at radius 1 is 1.14 bits per heavy atom. The second-order valence-electron chi connectivity index (χ2n) is 9.07. The average Bonchev–Trinajstić information content (AvgIpc) is 3.49. The summed E-state index contributed by atoms with van der Waals surface area (Å²) in [6, 6.07) is 1.90. The number of aliphatic hydroxyl groups excluding tert-OH is 1. The maximum atomic E-state index is 12.9. The number of carbonyl (C=O) groups is 3. The van der Waals surface area contributed by atoms with E-state index in [-0.39, 0.29) is 17.7 Å². The highest BCUT2D eigenvalue weighted by molar-refractivity contribution is 6.05. The van der Waals surface area contributed by atoms with Crippen LogP contribution in [0.3, 0.4) is 0 Å². The summed E-state index contributed by atoms with van der Waals surface area (Å²) < 4.78 is 5.26. The summed E-state index contributed by atoms with van der Waals surface area (Å²) in [5.41, 5.74) is 1.99. The first kappa shape index (κ1) is 23.0. The molecule has 0 saturated carbocycles. The Morgan fingerprint density at radius 3 is 2.60 bits per heavy atom. The van der Waals surface area contributed by atoms with Gasteiger partial charge in [-0.25, -0.2) is 9.97 Å². The van der Waals surface area contributed by atoms with Gasteiger partial charge in [0, 0.05) is 44.0 Å². The summed E-state index contributed by atoms with van der Waals surface area (Å²) in [6.07, 6.45) is 12.5. The van der Waals surface area contributed by atoms with E-state index in [1.807, 2.05) is 17.0 Å². The maximum absolute atomic E-state index is 12.9. The van der Waals surface area contributed by atoms with Gasteiger partial charge in [0.05, 0.1) is 11.6 Å². The van der Waals surface area contributed by atoms with Crippen molar-refractivity contribution >= 4 is 35.7 Å². The average molecular weight is 478 g/mol. The van der Waals surface area contributed by atoms with Crippen LogP contribution in [-0.4, -0.2) is 75.4 Å². The molecule has 182 valence electrons. The first-order chi connectivity index (χ1) is 17.0. The van der Waals surface area contributed by atoms with Gasteiger partial charge in [-0.2, -0.15) is 0 Å². The molecule has 2 saturated heterocycles. The molecule has 0 radical (unpaired) electrons. The van der Waals surface area contributed by atoms with Gasteiger partial charge < -0.3 is 24.6 Å². The number of carbonyl (C=O) groups excluding carboxylic acids is 3. The molecule has 0 atom stereocenters. The highest BCUT2D eigenvalue weighted by atomic mass is 16.3. The van der Waals surface area contributed by atoms with Crippen molar-refractivity contribution in [2.24, 2.45) is 0 Å². The number of nitrogens with one attached hydrogen (secondary N) is 1. The van der Waals surface area contributed by atoms with Crippen LogP contribution in [0.2, 0.25) is 0 Å². The van der Waals surface area contributed by atoms with Crippen molar-refractivity contribution in [3.05, 3.63) is 53.4 Å². The van der Waals surface area contributed by atoms with Crippen molar-refractivity contribution in [3.8, 4) is 0 Å². The summed E-state index contributed by atoms with van der Waals surface area (Å²) in [5, 5.41) is 12.0. The highest BCUT2D eigenvalue weighted by Crippen LogP contribution is 2.44. The number of pyridine rings is 1. The van der Waals surface area contributed by atoms with Gasteiger partial charge in [-0.1, -0.05) is 5.57 Å². The molecular formula is C25H27N5O5. The number of aromatic nitrogens is 2. The molecule has 2 aromatic rings. The standard InChI is InChI=1S/C25H27N5O5/c31-16-22(33)30-10-5-25(6-11-30)19-13-18(15-27-23(19)28-24(25)34)1-2-21(32)29-8-3-17(4-9-29)14-20-26-7-12-35-20/h1-2,7,12-15,31H,3-6,8-11,16H2,(H,27,28,34)/b2-1+. The summed E-state index contributed by atoms with van der Waals surface area (Å²) in [6.45, 7) is 1.51. The van der Waals surface area contributed by atoms with Gasteiger partial charge in [-0.3, -0.25) is 14.4 Å². The van der Waals surface area contributed by atoms with E-state index >= 15 is 0 Å². The number of aliphatic hydroxyl groups is 1. The molecule has 2 aromatic heterocycles. The zero-order valence-electron chi connectivity index (χ0n) is 19.3. The topological polar surface area (TPSA) is 129 Å². The predicted molar refractivity (Wildman–Crippen MR) is 127 cm³/mol. The van der Waals surface area contributed by atoms with Crippen LogP contribution in [-0.2, 0) is 19.8 Å². The van der Waals surface area contributed by atoms with Gasteiger partial charge in [0.1, 0.15) is 18.7 Å². The molecular weight excluding hydrogens is 450 g/mol. The van der Waals surface area contributed by atoms with Gasteiger partial charge in [0.2, 0.25) is 23.6 Å². The molecule has 5 heterocycles. The summed E-state index contributed by atoms with van der Waals surface area (Å²) >= 11 is 0. The Labute approximate surface area is 202 Å². The van der Waals surface area contributed by atoms with Crippen molar-refractivity contribution in [2.45, 2.75) is 31.1 Å². The number of likely N-dealkylation sites (tertiary alicyclic amines) is 2. The van der Waals surface area contributed by atoms with Crippen LogP contribution in [0.25, 0.3) is 12.2 Å². The second kappa shape index (κ2) is 9.46. The molecule has 0 aliphatic carbocycles. The molecule has 0 bridgehead atoms. The fourth-order valence-corrected chi connectivity index (χ4v) is 5.03. The van der Waals surface area contributed by atoms with E-state index in [0.29, 0.717) is 50.7 Å². The van der Waals surface area contributed by atoms with Crippen LogP contribution < -0.4 is 5.32 Å². The number of nitrogens with zero attached hydrogens (tertiary/aromatic N) is 4. The lowest BCUT2D eigenvalue weighted by molar-refractivity contribution is -0.137. The van der Waals surface area contributed by atoms with Crippen molar-refractivity contribution in [3.63, 3.8) is 0 Å². The monoisotopic (exact) mass is 477 g/mol. The van der Waals surface area contributed by atoms with Crippen molar-refractivity contribution in [1.29, 1.82) is 0 Å². The lowest BCUT2D eigenvalue weighted by atomic mass is 9.74. The summed E-state index contributed by atoms with van der Waals surface area (Å²) in [7, 11) is 0. The molecule has 10 nitrogen and oxygen atoms in total. The number of amides is 3. The zero-order chi connectivity index (χ0) is 24.4. The van der Waals surface area contributed by atoms with Crippen molar-refractivity contribution in [2.75, 3.05) is 38.1 Å². The van der Waals surface area contributed by atoms with E-state index in [2.05, 4.69) is 15.3 Å². The number of rotatable bonds is 4. The van der Waals surface area contributed by atoms with E-state index in [4.69, 9.17) is 9.52 Å². The Balaban J connectivity index is 1.24. The van der Waals surface area contributed by atoms with Gasteiger partial charge >= 0.3 is 0 Å².